The SMILES string of the molecule is CCOc1ccc(F)c(CO)c1Br. The number of hydrogen-bond donors (Lipinski definition) is 1. The molecule has 0 spiro atoms. The minimum atomic E-state index is -0.433. The number of aliphatic hydroxyl groups is 1. The molecule has 2 nitrogen and oxygen atoms in total. The van der Waals surface area contributed by atoms with Gasteiger partial charge < -0.3 is 9.84 Å². The summed E-state index contributed by atoms with van der Waals surface area (Å²) in [7, 11) is 0. The van der Waals surface area contributed by atoms with E-state index in [1.807, 2.05) is 6.92 Å². The lowest BCUT2D eigenvalue weighted by molar-refractivity contribution is 0.272. The Kier molecular flexibility index (Phi) is 3.69. The van der Waals surface area contributed by atoms with Gasteiger partial charge in [-0.15, -0.1) is 0 Å². The minimum absolute atomic E-state index is 0.228. The molecule has 0 saturated carbocycles. The summed E-state index contributed by atoms with van der Waals surface area (Å²) in [4.78, 5) is 0. The van der Waals surface area contributed by atoms with Crippen LogP contribution in [0.25, 0.3) is 0 Å². The van der Waals surface area contributed by atoms with Crippen LogP contribution >= 0.6 is 15.9 Å². The maximum absolute atomic E-state index is 13.0. The van der Waals surface area contributed by atoms with Gasteiger partial charge in [-0.05, 0) is 35.0 Å². The highest BCUT2D eigenvalue weighted by Crippen LogP contribution is 2.30. The van der Waals surface area contributed by atoms with Crippen molar-refractivity contribution in [3.05, 3.63) is 28.0 Å². The van der Waals surface area contributed by atoms with Crippen molar-refractivity contribution >= 4 is 15.9 Å². The summed E-state index contributed by atoms with van der Waals surface area (Å²) in [6.07, 6.45) is 0. The second-order valence-electron chi connectivity index (χ2n) is 2.43. The molecule has 0 aromatic heterocycles. The highest BCUT2D eigenvalue weighted by molar-refractivity contribution is 9.10. The van der Waals surface area contributed by atoms with Crippen LogP contribution < -0.4 is 4.74 Å². The summed E-state index contributed by atoms with van der Waals surface area (Å²) >= 11 is 3.17. The molecule has 0 bridgehead atoms. The number of halogens is 2. The van der Waals surface area contributed by atoms with E-state index < -0.39 is 5.82 Å². The summed E-state index contributed by atoms with van der Waals surface area (Å²) in [5.41, 5.74) is 0.228. The summed E-state index contributed by atoms with van der Waals surface area (Å²) in [5.74, 6) is 0.116. The largest absolute Gasteiger partial charge is 0.493 e. The quantitative estimate of drug-likeness (QED) is 0.891. The first-order valence-corrected chi connectivity index (χ1v) is 4.70. The van der Waals surface area contributed by atoms with Crippen molar-refractivity contribution in [3.8, 4) is 5.75 Å². The Morgan fingerprint density at radius 2 is 2.23 bits per heavy atom. The van der Waals surface area contributed by atoms with Crippen LogP contribution in [-0.4, -0.2) is 11.7 Å². The Hall–Kier alpha value is -0.610. The molecule has 0 radical (unpaired) electrons. The molecule has 0 heterocycles. The lowest BCUT2D eigenvalue weighted by atomic mass is 10.2. The van der Waals surface area contributed by atoms with Crippen LogP contribution in [0.3, 0.4) is 0 Å². The third-order valence-corrected chi connectivity index (χ3v) is 2.48. The van der Waals surface area contributed by atoms with Crippen molar-refractivity contribution in [1.82, 2.24) is 0 Å². The van der Waals surface area contributed by atoms with Gasteiger partial charge in [0.15, 0.2) is 0 Å². The fraction of sp³-hybridized carbons (Fsp3) is 0.333. The van der Waals surface area contributed by atoms with Gasteiger partial charge >= 0.3 is 0 Å². The van der Waals surface area contributed by atoms with Gasteiger partial charge in [0.1, 0.15) is 11.6 Å². The first-order chi connectivity index (χ1) is 6.20. The lowest BCUT2D eigenvalue weighted by Crippen LogP contribution is -1.97. The Morgan fingerprint density at radius 1 is 1.54 bits per heavy atom. The van der Waals surface area contributed by atoms with E-state index in [2.05, 4.69) is 15.9 Å². The van der Waals surface area contributed by atoms with Crippen LogP contribution in [0.15, 0.2) is 16.6 Å². The van der Waals surface area contributed by atoms with Crippen LogP contribution in [0, 0.1) is 5.82 Å². The molecule has 4 heteroatoms. The van der Waals surface area contributed by atoms with E-state index in [1.165, 1.54) is 12.1 Å². The van der Waals surface area contributed by atoms with Gasteiger partial charge in [0.05, 0.1) is 17.7 Å². The van der Waals surface area contributed by atoms with E-state index in [4.69, 9.17) is 9.84 Å². The number of rotatable bonds is 3. The van der Waals surface area contributed by atoms with Gasteiger partial charge in [0.25, 0.3) is 0 Å². The summed E-state index contributed by atoms with van der Waals surface area (Å²) in [5, 5.41) is 8.87. The average Bonchev–Trinajstić information content (AvgIpc) is 2.11. The molecular formula is C9H10BrFO2. The first kappa shape index (κ1) is 10.5. The summed E-state index contributed by atoms with van der Waals surface area (Å²) in [6, 6.07) is 2.81. The summed E-state index contributed by atoms with van der Waals surface area (Å²) < 4.78 is 18.7. The molecule has 1 rings (SSSR count). The molecule has 0 fully saturated rings. The third kappa shape index (κ3) is 2.19. The molecule has 0 amide bonds. The number of benzene rings is 1. The van der Waals surface area contributed by atoms with Gasteiger partial charge in [-0.1, -0.05) is 0 Å². The van der Waals surface area contributed by atoms with Crippen LogP contribution in [-0.2, 0) is 6.61 Å². The van der Waals surface area contributed by atoms with Crippen molar-refractivity contribution in [2.45, 2.75) is 13.5 Å². The maximum atomic E-state index is 13.0. The molecule has 1 aromatic rings. The molecule has 13 heavy (non-hydrogen) atoms. The van der Waals surface area contributed by atoms with E-state index in [9.17, 15) is 4.39 Å². The topological polar surface area (TPSA) is 29.5 Å². The molecule has 0 aliphatic heterocycles. The van der Waals surface area contributed by atoms with Crippen molar-refractivity contribution in [2.75, 3.05) is 6.61 Å². The monoisotopic (exact) mass is 248 g/mol. The number of aliphatic hydroxyl groups excluding tert-OH is 1. The van der Waals surface area contributed by atoms with Gasteiger partial charge in [-0.25, -0.2) is 4.39 Å². The van der Waals surface area contributed by atoms with Crippen molar-refractivity contribution < 1.29 is 14.2 Å². The molecule has 0 aliphatic carbocycles. The van der Waals surface area contributed by atoms with Gasteiger partial charge in [0.2, 0.25) is 0 Å². The van der Waals surface area contributed by atoms with Crippen molar-refractivity contribution in [1.29, 1.82) is 0 Å². The van der Waals surface area contributed by atoms with Gasteiger partial charge in [-0.2, -0.15) is 0 Å². The second kappa shape index (κ2) is 4.58. The van der Waals surface area contributed by atoms with Gasteiger partial charge in [-0.3, -0.25) is 0 Å². The fourth-order valence-corrected chi connectivity index (χ4v) is 1.55. The zero-order valence-electron chi connectivity index (χ0n) is 7.18. The van der Waals surface area contributed by atoms with E-state index >= 15 is 0 Å². The Bertz CT molecular complexity index is 302. The third-order valence-electron chi connectivity index (χ3n) is 1.61. The van der Waals surface area contributed by atoms with E-state index in [0.29, 0.717) is 16.8 Å². The predicted molar refractivity (Wildman–Crippen MR) is 51.2 cm³/mol. The maximum Gasteiger partial charge on any atom is 0.134 e. The molecule has 72 valence electrons. The fourth-order valence-electron chi connectivity index (χ4n) is 0.988. The standard InChI is InChI=1S/C9H10BrFO2/c1-2-13-8-4-3-7(11)6(5-12)9(8)10/h3-4,12H,2,5H2,1H3. The average molecular weight is 249 g/mol. The summed E-state index contributed by atoms with van der Waals surface area (Å²) in [6.45, 7) is 2.01. The molecule has 0 unspecified atom stereocenters. The highest BCUT2D eigenvalue weighted by Gasteiger charge is 2.10. The molecule has 0 saturated heterocycles. The minimum Gasteiger partial charge on any atom is -0.493 e. The van der Waals surface area contributed by atoms with Crippen LogP contribution in [0.5, 0.6) is 5.75 Å². The Labute approximate surface area is 84.5 Å². The molecular weight excluding hydrogens is 239 g/mol. The van der Waals surface area contributed by atoms with Crippen molar-refractivity contribution in [2.24, 2.45) is 0 Å². The zero-order chi connectivity index (χ0) is 9.84. The molecule has 0 aliphatic rings. The Morgan fingerprint density at radius 3 is 2.77 bits per heavy atom. The molecule has 1 N–H and O–H groups in total. The lowest BCUT2D eigenvalue weighted by Gasteiger charge is -2.09. The van der Waals surface area contributed by atoms with Crippen LogP contribution in [0.4, 0.5) is 4.39 Å². The number of hydrogen-bond acceptors (Lipinski definition) is 2. The van der Waals surface area contributed by atoms with E-state index in [0.717, 1.165) is 0 Å². The van der Waals surface area contributed by atoms with E-state index in [1.54, 1.807) is 0 Å². The Balaban J connectivity index is 3.11. The van der Waals surface area contributed by atoms with Gasteiger partial charge in [0, 0.05) is 5.56 Å². The number of ether oxygens (including phenoxy) is 1. The second-order valence-corrected chi connectivity index (χ2v) is 3.22. The molecule has 0 atom stereocenters. The predicted octanol–water partition coefficient (Wildman–Crippen LogP) is 2.48. The van der Waals surface area contributed by atoms with Crippen LogP contribution in [0.2, 0.25) is 0 Å². The van der Waals surface area contributed by atoms with E-state index in [-0.39, 0.29) is 12.2 Å². The first-order valence-electron chi connectivity index (χ1n) is 3.91. The smallest absolute Gasteiger partial charge is 0.134 e. The van der Waals surface area contributed by atoms with Crippen molar-refractivity contribution in [3.63, 3.8) is 0 Å². The zero-order valence-corrected chi connectivity index (χ0v) is 8.77. The van der Waals surface area contributed by atoms with Crippen LogP contribution in [0.1, 0.15) is 12.5 Å². The molecule has 1 aromatic carbocycles. The highest BCUT2D eigenvalue weighted by atomic mass is 79.9. The normalized spacial score (nSPS) is 10.2.